The van der Waals surface area contributed by atoms with Gasteiger partial charge in [-0.3, -0.25) is 4.79 Å². The second kappa shape index (κ2) is 3.39. The first kappa shape index (κ1) is 10.8. The molecule has 2 nitrogen and oxygen atoms in total. The van der Waals surface area contributed by atoms with E-state index in [2.05, 4.69) is 37.3 Å². The maximum atomic E-state index is 12.0. The lowest BCUT2D eigenvalue weighted by molar-refractivity contribution is 0.0994. The van der Waals surface area contributed by atoms with Crippen LogP contribution in [-0.2, 0) is 11.2 Å². The van der Waals surface area contributed by atoms with Crippen LogP contribution < -0.4 is 0 Å². The quantitative estimate of drug-likeness (QED) is 0.673. The van der Waals surface area contributed by atoms with Crippen molar-refractivity contribution in [2.75, 3.05) is 0 Å². The van der Waals surface area contributed by atoms with Gasteiger partial charge in [0.05, 0.1) is 0 Å². The van der Waals surface area contributed by atoms with Crippen LogP contribution in [0.5, 0.6) is 0 Å². The number of ketones is 1. The number of epoxide rings is 1. The summed E-state index contributed by atoms with van der Waals surface area (Å²) in [4.78, 5) is 12.0. The van der Waals surface area contributed by atoms with Gasteiger partial charge in [-0.15, -0.1) is 0 Å². The van der Waals surface area contributed by atoms with E-state index in [1.165, 1.54) is 33.4 Å². The summed E-state index contributed by atoms with van der Waals surface area (Å²) < 4.78 is 5.93. The molecule has 5 rings (SSSR count). The Morgan fingerprint density at radius 2 is 1.95 bits per heavy atom. The molecule has 0 saturated carbocycles. The molecule has 0 unspecified atom stereocenters. The summed E-state index contributed by atoms with van der Waals surface area (Å²) in [5.41, 5.74) is 8.60. The van der Waals surface area contributed by atoms with Crippen LogP contribution >= 0.6 is 0 Å². The summed E-state index contributed by atoms with van der Waals surface area (Å²) in [7, 11) is 0. The molecule has 0 bridgehead atoms. The first-order valence-electron chi connectivity index (χ1n) is 7.20. The van der Waals surface area contributed by atoms with Gasteiger partial charge in [0.1, 0.15) is 12.2 Å². The maximum absolute atomic E-state index is 12.0. The monoisotopic (exact) mass is 262 g/mol. The minimum Gasteiger partial charge on any atom is -0.359 e. The molecule has 2 atom stereocenters. The summed E-state index contributed by atoms with van der Waals surface area (Å²) in [5.74, 6) is 0.293. The molecule has 20 heavy (non-hydrogen) atoms. The molecule has 0 N–H and O–H groups in total. The van der Waals surface area contributed by atoms with E-state index in [4.69, 9.17) is 4.74 Å². The number of aryl methyl sites for hydroxylation is 1. The highest BCUT2D eigenvalue weighted by molar-refractivity contribution is 6.02. The molecule has 2 aliphatic carbocycles. The van der Waals surface area contributed by atoms with Gasteiger partial charge in [-0.2, -0.15) is 0 Å². The van der Waals surface area contributed by atoms with Crippen molar-refractivity contribution in [3.63, 3.8) is 0 Å². The fourth-order valence-electron chi connectivity index (χ4n) is 3.99. The Morgan fingerprint density at radius 3 is 2.85 bits per heavy atom. The highest BCUT2D eigenvalue weighted by atomic mass is 16.6. The number of Topliss-reactive ketones (excluding diaryl/α,β-unsaturated/α-hetero) is 1. The van der Waals surface area contributed by atoms with Crippen molar-refractivity contribution in [2.45, 2.75) is 32.0 Å². The molecule has 3 aliphatic rings. The van der Waals surface area contributed by atoms with Crippen LogP contribution in [0.25, 0.3) is 11.1 Å². The van der Waals surface area contributed by atoms with Crippen LogP contribution in [0.1, 0.15) is 51.2 Å². The Bertz CT molecular complexity index is 788. The third-order valence-corrected chi connectivity index (χ3v) is 4.89. The topological polar surface area (TPSA) is 29.6 Å². The van der Waals surface area contributed by atoms with Gasteiger partial charge in [0.2, 0.25) is 0 Å². The molecule has 2 aromatic rings. The average molecular weight is 262 g/mol. The first-order valence-corrected chi connectivity index (χ1v) is 7.20. The van der Waals surface area contributed by atoms with E-state index >= 15 is 0 Å². The lowest BCUT2D eigenvalue weighted by Crippen LogP contribution is -2.06. The molecule has 0 radical (unpaired) electrons. The van der Waals surface area contributed by atoms with E-state index in [9.17, 15) is 4.79 Å². The standard InChI is InChI=1S/C18H14O2/c1-9-8-13-11(6-7-14(13)19)16-15(9)10-4-2-3-5-12(10)17-18(16)20-17/h2-5,8,17-18H,6-7H2,1H3/t17-,18+/m1/s1. The van der Waals surface area contributed by atoms with Crippen molar-refractivity contribution < 1.29 is 9.53 Å². The SMILES string of the molecule is Cc1cc2c(c3c1-c1ccccc1[C@H]1O[C@@H]31)CCC2=O. The second-order valence-electron chi connectivity index (χ2n) is 6.00. The molecule has 2 heteroatoms. The lowest BCUT2D eigenvalue weighted by atomic mass is 9.80. The number of fused-ring (bicyclic) bond motifs is 8. The number of carbonyl (C=O) groups excluding carboxylic acids is 1. The van der Waals surface area contributed by atoms with E-state index in [-0.39, 0.29) is 12.2 Å². The van der Waals surface area contributed by atoms with Crippen LogP contribution in [0.2, 0.25) is 0 Å². The molecule has 98 valence electrons. The smallest absolute Gasteiger partial charge is 0.163 e. The van der Waals surface area contributed by atoms with E-state index in [0.717, 1.165) is 12.0 Å². The van der Waals surface area contributed by atoms with Gasteiger partial charge < -0.3 is 4.74 Å². The highest BCUT2D eigenvalue weighted by Crippen LogP contribution is 2.61. The van der Waals surface area contributed by atoms with Crippen molar-refractivity contribution in [2.24, 2.45) is 0 Å². The van der Waals surface area contributed by atoms with Gasteiger partial charge in [-0.25, -0.2) is 0 Å². The molecular formula is C18H14O2. The predicted molar refractivity (Wildman–Crippen MR) is 75.8 cm³/mol. The third kappa shape index (κ3) is 1.16. The van der Waals surface area contributed by atoms with E-state index in [1.54, 1.807) is 0 Å². The molecule has 1 saturated heterocycles. The first-order chi connectivity index (χ1) is 9.75. The van der Waals surface area contributed by atoms with Crippen LogP contribution in [0, 0.1) is 6.92 Å². The van der Waals surface area contributed by atoms with Crippen molar-refractivity contribution in [1.29, 1.82) is 0 Å². The Balaban J connectivity index is 1.91. The van der Waals surface area contributed by atoms with Gasteiger partial charge in [-0.05, 0) is 52.8 Å². The van der Waals surface area contributed by atoms with Gasteiger partial charge >= 0.3 is 0 Å². The second-order valence-corrected chi connectivity index (χ2v) is 6.00. The highest BCUT2D eigenvalue weighted by Gasteiger charge is 2.49. The van der Waals surface area contributed by atoms with Crippen molar-refractivity contribution in [1.82, 2.24) is 0 Å². The van der Waals surface area contributed by atoms with Crippen LogP contribution in [0.3, 0.4) is 0 Å². The number of ether oxygens (including phenoxy) is 1. The Labute approximate surface area is 117 Å². The third-order valence-electron chi connectivity index (χ3n) is 4.89. The summed E-state index contributed by atoms with van der Waals surface area (Å²) in [6.45, 7) is 2.12. The summed E-state index contributed by atoms with van der Waals surface area (Å²) >= 11 is 0. The summed E-state index contributed by atoms with van der Waals surface area (Å²) in [5, 5.41) is 0. The number of rotatable bonds is 0. The fraction of sp³-hybridized carbons (Fsp3) is 0.278. The van der Waals surface area contributed by atoms with Gasteiger partial charge in [0.25, 0.3) is 0 Å². The maximum Gasteiger partial charge on any atom is 0.163 e. The Hall–Kier alpha value is -1.93. The van der Waals surface area contributed by atoms with Crippen molar-refractivity contribution in [3.8, 4) is 11.1 Å². The number of hydrogen-bond donors (Lipinski definition) is 0. The van der Waals surface area contributed by atoms with Crippen molar-refractivity contribution >= 4 is 5.78 Å². The number of benzene rings is 2. The number of carbonyl (C=O) groups is 1. The molecule has 1 heterocycles. The lowest BCUT2D eigenvalue weighted by Gasteiger charge is -2.21. The number of hydrogen-bond acceptors (Lipinski definition) is 2. The molecule has 1 aliphatic heterocycles. The molecular weight excluding hydrogens is 248 g/mol. The molecule has 0 amide bonds. The minimum absolute atomic E-state index is 0.180. The van der Waals surface area contributed by atoms with Gasteiger partial charge in [0.15, 0.2) is 5.78 Å². The van der Waals surface area contributed by atoms with Gasteiger partial charge in [-0.1, -0.05) is 24.3 Å². The molecule has 2 aromatic carbocycles. The van der Waals surface area contributed by atoms with E-state index < -0.39 is 0 Å². The largest absolute Gasteiger partial charge is 0.359 e. The zero-order chi connectivity index (χ0) is 13.4. The predicted octanol–water partition coefficient (Wildman–Crippen LogP) is 3.92. The van der Waals surface area contributed by atoms with Crippen molar-refractivity contribution in [3.05, 3.63) is 58.1 Å². The normalized spacial score (nSPS) is 24.8. The summed E-state index contributed by atoms with van der Waals surface area (Å²) in [6, 6.07) is 10.6. The van der Waals surface area contributed by atoms with Crippen LogP contribution in [-0.4, -0.2) is 5.78 Å². The van der Waals surface area contributed by atoms with Gasteiger partial charge in [0, 0.05) is 12.0 Å². The minimum atomic E-state index is 0.180. The fourth-order valence-corrected chi connectivity index (χ4v) is 3.99. The Kier molecular flexibility index (Phi) is 1.83. The van der Waals surface area contributed by atoms with E-state index in [0.29, 0.717) is 12.2 Å². The summed E-state index contributed by atoms with van der Waals surface area (Å²) in [6.07, 6.45) is 1.93. The van der Waals surface area contributed by atoms with Crippen LogP contribution in [0.4, 0.5) is 0 Å². The molecule has 0 aromatic heterocycles. The molecule has 0 spiro atoms. The van der Waals surface area contributed by atoms with Crippen LogP contribution in [0.15, 0.2) is 30.3 Å². The van der Waals surface area contributed by atoms with E-state index in [1.807, 2.05) is 0 Å². The zero-order valence-corrected chi connectivity index (χ0v) is 11.3. The average Bonchev–Trinajstić information content (AvgIpc) is 3.18. The molecule has 1 fully saturated rings. The zero-order valence-electron chi connectivity index (χ0n) is 11.3. The Morgan fingerprint density at radius 1 is 1.10 bits per heavy atom.